The molecule has 0 spiro atoms. The van der Waals surface area contributed by atoms with Gasteiger partial charge in [-0.25, -0.2) is 4.39 Å². The van der Waals surface area contributed by atoms with Crippen molar-refractivity contribution < 1.29 is 23.6 Å². The summed E-state index contributed by atoms with van der Waals surface area (Å²) >= 11 is 0. The first kappa shape index (κ1) is 18.6. The van der Waals surface area contributed by atoms with Crippen molar-refractivity contribution in [3.8, 4) is 0 Å². The van der Waals surface area contributed by atoms with Crippen LogP contribution in [-0.2, 0) is 9.59 Å². The summed E-state index contributed by atoms with van der Waals surface area (Å²) in [4.78, 5) is 26.8. The number of Topliss-reactive ketones (excluding diaryl/α,β-unsaturated/α-hetero) is 1. The van der Waals surface area contributed by atoms with Crippen molar-refractivity contribution in [2.75, 3.05) is 4.90 Å². The first-order valence-electron chi connectivity index (χ1n) is 8.94. The van der Waals surface area contributed by atoms with Crippen LogP contribution in [0.3, 0.4) is 0 Å². The van der Waals surface area contributed by atoms with Gasteiger partial charge in [-0.05, 0) is 19.9 Å². The van der Waals surface area contributed by atoms with E-state index in [1.54, 1.807) is 37.3 Å². The van der Waals surface area contributed by atoms with Crippen molar-refractivity contribution >= 4 is 23.3 Å². The number of aryl methyl sites for hydroxylation is 2. The molecule has 1 fully saturated rings. The number of amides is 1. The van der Waals surface area contributed by atoms with Gasteiger partial charge >= 0.3 is 5.91 Å². The van der Waals surface area contributed by atoms with Crippen LogP contribution in [0.4, 0.5) is 10.2 Å². The lowest BCUT2D eigenvalue weighted by Gasteiger charge is -2.23. The molecule has 1 atom stereocenters. The van der Waals surface area contributed by atoms with Gasteiger partial charge in [-0.1, -0.05) is 53.2 Å². The van der Waals surface area contributed by atoms with Gasteiger partial charge in [0.05, 0.1) is 11.6 Å². The van der Waals surface area contributed by atoms with Crippen LogP contribution in [0.15, 0.2) is 64.7 Å². The van der Waals surface area contributed by atoms with Gasteiger partial charge in [0.15, 0.2) is 5.82 Å². The van der Waals surface area contributed by atoms with E-state index in [0.717, 1.165) is 10.5 Å². The first-order chi connectivity index (χ1) is 13.9. The molecule has 1 saturated heterocycles. The molecule has 2 aromatic carbocycles. The van der Waals surface area contributed by atoms with Crippen LogP contribution in [0.5, 0.6) is 0 Å². The molecule has 1 aromatic heterocycles. The summed E-state index contributed by atoms with van der Waals surface area (Å²) in [7, 11) is 0. The van der Waals surface area contributed by atoms with Crippen molar-refractivity contribution in [3.05, 3.63) is 88.4 Å². The van der Waals surface area contributed by atoms with Crippen LogP contribution < -0.4 is 4.90 Å². The second-order valence-corrected chi connectivity index (χ2v) is 6.85. The number of benzene rings is 2. The van der Waals surface area contributed by atoms with Gasteiger partial charge in [-0.15, -0.1) is 0 Å². The van der Waals surface area contributed by atoms with Crippen LogP contribution in [0, 0.1) is 19.7 Å². The molecule has 0 aliphatic carbocycles. The molecule has 1 aliphatic heterocycles. The Kier molecular flexibility index (Phi) is 4.50. The standard InChI is InChI=1S/C22H17FN2O4/c1-12-7-9-14(10-8-12)20(26)18-19(15-5-3-4-6-16(15)23)25(22(28)21(18)27)17-11-13(2)29-24-17/h3-11,19,26H,1-2H3/t19-/m0/s1. The molecule has 1 aliphatic rings. The molecule has 3 aromatic rings. The lowest BCUT2D eigenvalue weighted by Crippen LogP contribution is -2.30. The van der Waals surface area contributed by atoms with E-state index in [2.05, 4.69) is 5.16 Å². The molecule has 146 valence electrons. The van der Waals surface area contributed by atoms with Crippen LogP contribution in [-0.4, -0.2) is 22.0 Å². The van der Waals surface area contributed by atoms with E-state index < -0.39 is 23.5 Å². The zero-order chi connectivity index (χ0) is 20.7. The van der Waals surface area contributed by atoms with Crippen LogP contribution >= 0.6 is 0 Å². The van der Waals surface area contributed by atoms with Gasteiger partial charge in [0.25, 0.3) is 5.78 Å². The fourth-order valence-corrected chi connectivity index (χ4v) is 3.39. The van der Waals surface area contributed by atoms with Gasteiger partial charge in [0.1, 0.15) is 17.3 Å². The number of carbonyl (C=O) groups is 2. The van der Waals surface area contributed by atoms with E-state index in [0.29, 0.717) is 11.3 Å². The minimum atomic E-state index is -1.18. The Balaban J connectivity index is 1.97. The predicted octanol–water partition coefficient (Wildman–Crippen LogP) is 4.06. The summed E-state index contributed by atoms with van der Waals surface area (Å²) in [5.41, 5.74) is 1.18. The van der Waals surface area contributed by atoms with Crippen molar-refractivity contribution in [2.24, 2.45) is 0 Å². The largest absolute Gasteiger partial charge is 0.507 e. The molecule has 2 heterocycles. The molecular formula is C22H17FN2O4. The number of carbonyl (C=O) groups excluding carboxylic acids is 2. The predicted molar refractivity (Wildman–Crippen MR) is 104 cm³/mol. The average Bonchev–Trinajstić information content (AvgIpc) is 3.23. The average molecular weight is 392 g/mol. The van der Waals surface area contributed by atoms with Gasteiger partial charge in [0.2, 0.25) is 0 Å². The van der Waals surface area contributed by atoms with Crippen LogP contribution in [0.25, 0.3) is 5.76 Å². The van der Waals surface area contributed by atoms with Crippen molar-refractivity contribution in [3.63, 3.8) is 0 Å². The fourth-order valence-electron chi connectivity index (χ4n) is 3.39. The summed E-state index contributed by atoms with van der Waals surface area (Å²) in [6.07, 6.45) is 0. The quantitative estimate of drug-likeness (QED) is 0.413. The highest BCUT2D eigenvalue weighted by atomic mass is 19.1. The number of hydrogen-bond acceptors (Lipinski definition) is 5. The van der Waals surface area contributed by atoms with E-state index in [4.69, 9.17) is 4.52 Å². The monoisotopic (exact) mass is 392 g/mol. The van der Waals surface area contributed by atoms with E-state index in [9.17, 15) is 19.1 Å². The number of anilines is 1. The molecule has 7 heteroatoms. The van der Waals surface area contributed by atoms with Crippen LogP contribution in [0.2, 0.25) is 0 Å². The minimum Gasteiger partial charge on any atom is -0.507 e. The maximum absolute atomic E-state index is 14.7. The minimum absolute atomic E-state index is 0.0702. The van der Waals surface area contributed by atoms with E-state index in [1.165, 1.54) is 24.3 Å². The number of ketones is 1. The number of aromatic nitrogens is 1. The number of hydrogen-bond donors (Lipinski definition) is 1. The Morgan fingerprint density at radius 2 is 1.79 bits per heavy atom. The summed E-state index contributed by atoms with van der Waals surface area (Å²) in [5.74, 6) is -2.33. The molecule has 6 nitrogen and oxygen atoms in total. The third-order valence-electron chi connectivity index (χ3n) is 4.83. The van der Waals surface area contributed by atoms with E-state index >= 15 is 0 Å². The maximum Gasteiger partial charge on any atom is 0.301 e. The zero-order valence-electron chi connectivity index (χ0n) is 15.7. The number of aliphatic hydroxyl groups is 1. The van der Waals surface area contributed by atoms with Crippen molar-refractivity contribution in [1.82, 2.24) is 5.16 Å². The molecule has 1 amide bonds. The number of aliphatic hydroxyl groups excluding tert-OH is 1. The van der Waals surface area contributed by atoms with Gasteiger partial charge in [-0.3, -0.25) is 14.5 Å². The van der Waals surface area contributed by atoms with Crippen molar-refractivity contribution in [1.29, 1.82) is 0 Å². The third kappa shape index (κ3) is 3.10. The molecule has 29 heavy (non-hydrogen) atoms. The number of rotatable bonds is 3. The van der Waals surface area contributed by atoms with E-state index in [-0.39, 0.29) is 22.7 Å². The third-order valence-corrected chi connectivity index (χ3v) is 4.83. The molecule has 0 saturated carbocycles. The number of nitrogens with zero attached hydrogens (tertiary/aromatic N) is 2. The second-order valence-electron chi connectivity index (χ2n) is 6.85. The van der Waals surface area contributed by atoms with Gasteiger partial charge < -0.3 is 9.63 Å². The van der Waals surface area contributed by atoms with Crippen LogP contribution in [0.1, 0.15) is 28.5 Å². The molecular weight excluding hydrogens is 375 g/mol. The smallest absolute Gasteiger partial charge is 0.301 e. The highest BCUT2D eigenvalue weighted by Gasteiger charge is 2.48. The Morgan fingerprint density at radius 3 is 2.41 bits per heavy atom. The second kappa shape index (κ2) is 7.01. The SMILES string of the molecule is Cc1ccc(C(O)=C2C(=O)C(=O)N(c3cc(C)on3)[C@H]2c2ccccc2F)cc1. The molecule has 0 radical (unpaired) electrons. The maximum atomic E-state index is 14.7. The summed E-state index contributed by atoms with van der Waals surface area (Å²) in [6, 6.07) is 12.9. The lowest BCUT2D eigenvalue weighted by molar-refractivity contribution is -0.132. The Labute approximate surface area is 165 Å². The Morgan fingerprint density at radius 1 is 1.10 bits per heavy atom. The summed E-state index contributed by atoms with van der Waals surface area (Å²) in [5, 5.41) is 14.7. The molecule has 1 N–H and O–H groups in total. The topological polar surface area (TPSA) is 83.6 Å². The Hall–Kier alpha value is -3.74. The van der Waals surface area contributed by atoms with Crippen molar-refractivity contribution in [2.45, 2.75) is 19.9 Å². The fraction of sp³-hybridized carbons (Fsp3) is 0.136. The summed E-state index contributed by atoms with van der Waals surface area (Å²) < 4.78 is 19.7. The van der Waals surface area contributed by atoms with Gasteiger partial charge in [0, 0.05) is 17.2 Å². The normalized spacial score (nSPS) is 18.4. The summed E-state index contributed by atoms with van der Waals surface area (Å²) in [6.45, 7) is 3.52. The molecule has 4 rings (SSSR count). The highest BCUT2D eigenvalue weighted by molar-refractivity contribution is 6.51. The number of halogens is 1. The lowest BCUT2D eigenvalue weighted by atomic mass is 9.94. The van der Waals surface area contributed by atoms with E-state index in [1.807, 2.05) is 6.92 Å². The molecule has 0 unspecified atom stereocenters. The zero-order valence-corrected chi connectivity index (χ0v) is 15.7. The first-order valence-corrected chi connectivity index (χ1v) is 8.94. The van der Waals surface area contributed by atoms with Gasteiger partial charge in [-0.2, -0.15) is 0 Å². The highest BCUT2D eigenvalue weighted by Crippen LogP contribution is 2.42. The Bertz CT molecular complexity index is 1150. The molecule has 0 bridgehead atoms.